The lowest BCUT2D eigenvalue weighted by Crippen LogP contribution is -2.45. The van der Waals surface area contributed by atoms with Crippen LogP contribution in [0.2, 0.25) is 0 Å². The van der Waals surface area contributed by atoms with E-state index >= 15 is 0 Å². The van der Waals surface area contributed by atoms with Crippen molar-refractivity contribution in [3.63, 3.8) is 0 Å². The van der Waals surface area contributed by atoms with Gasteiger partial charge < -0.3 is 9.80 Å². The van der Waals surface area contributed by atoms with Gasteiger partial charge in [0.2, 0.25) is 5.91 Å². The Bertz CT molecular complexity index is 1100. The topological polar surface area (TPSA) is 99.9 Å². The van der Waals surface area contributed by atoms with Crippen molar-refractivity contribution in [2.24, 2.45) is 5.92 Å². The van der Waals surface area contributed by atoms with E-state index in [1.54, 1.807) is 36.1 Å². The highest BCUT2D eigenvalue weighted by Gasteiger charge is 2.40. The number of aromatic nitrogens is 2. The molecule has 1 fully saturated rings. The van der Waals surface area contributed by atoms with E-state index in [2.05, 4.69) is 23.5 Å². The molecule has 1 aromatic carbocycles. The fraction of sp³-hybridized carbons (Fsp3) is 0.375. The number of piperidine rings is 1. The second-order valence-electron chi connectivity index (χ2n) is 8.30. The fourth-order valence-corrected chi connectivity index (χ4v) is 4.49. The third-order valence-corrected chi connectivity index (χ3v) is 6.15. The minimum Gasteiger partial charge on any atom is -0.370 e. The molecule has 3 heterocycles. The Morgan fingerprint density at radius 3 is 2.64 bits per heavy atom. The normalized spacial score (nSPS) is 17.8. The zero-order chi connectivity index (χ0) is 23.5. The van der Waals surface area contributed by atoms with Crippen LogP contribution >= 0.6 is 0 Å². The Balaban J connectivity index is 1.58. The molecule has 1 saturated heterocycles. The number of carbonyl (C=O) groups excluding carboxylic acids is 3. The monoisotopic (exact) mass is 449 g/mol. The Kier molecular flexibility index (Phi) is 6.39. The Morgan fingerprint density at radius 2 is 1.97 bits per heavy atom. The number of fused-ring (bicyclic) bond motifs is 1. The molecule has 9 heteroatoms. The number of carbonyl (C=O) groups is 3. The molecule has 3 amide bonds. The number of benzene rings is 1. The zero-order valence-electron chi connectivity index (χ0n) is 18.7. The first-order chi connectivity index (χ1) is 16.0. The van der Waals surface area contributed by atoms with Crippen LogP contribution in [0.3, 0.4) is 0 Å². The van der Waals surface area contributed by atoms with Gasteiger partial charge in [0.15, 0.2) is 0 Å². The van der Waals surface area contributed by atoms with Gasteiger partial charge in [-0.1, -0.05) is 28.5 Å². The molecule has 0 spiro atoms. The van der Waals surface area contributed by atoms with Gasteiger partial charge in [-0.15, -0.1) is 13.2 Å². The summed E-state index contributed by atoms with van der Waals surface area (Å²) in [6, 6.07) is 5.28. The molecule has 0 saturated carbocycles. The Morgan fingerprint density at radius 1 is 1.21 bits per heavy atom. The molecule has 9 nitrogen and oxygen atoms in total. The van der Waals surface area contributed by atoms with E-state index in [9.17, 15) is 14.4 Å². The number of hydrogen-bond acceptors (Lipinski definition) is 7. The molecule has 0 unspecified atom stereocenters. The van der Waals surface area contributed by atoms with Gasteiger partial charge in [0.1, 0.15) is 11.4 Å². The van der Waals surface area contributed by atoms with Crippen LogP contribution in [-0.4, -0.2) is 64.0 Å². The second kappa shape index (κ2) is 9.40. The van der Waals surface area contributed by atoms with Crippen molar-refractivity contribution < 1.29 is 19.0 Å². The molecular formula is C24H27N5O4. The highest BCUT2D eigenvalue weighted by Crippen LogP contribution is 2.35. The van der Waals surface area contributed by atoms with E-state index in [1.807, 2.05) is 11.0 Å². The first-order valence-corrected chi connectivity index (χ1v) is 11.0. The quantitative estimate of drug-likeness (QED) is 0.451. The predicted molar refractivity (Wildman–Crippen MR) is 122 cm³/mol. The second-order valence-corrected chi connectivity index (χ2v) is 8.30. The molecule has 0 bridgehead atoms. The first kappa shape index (κ1) is 22.4. The third-order valence-electron chi connectivity index (χ3n) is 6.15. The lowest BCUT2D eigenvalue weighted by molar-refractivity contribution is -0.134. The molecule has 0 aliphatic carbocycles. The van der Waals surface area contributed by atoms with Gasteiger partial charge >= 0.3 is 0 Å². The molecule has 1 aromatic heterocycles. The van der Waals surface area contributed by atoms with Crippen LogP contribution in [0.4, 0.5) is 5.69 Å². The Hall–Kier alpha value is -3.75. The number of rotatable bonds is 8. The summed E-state index contributed by atoms with van der Waals surface area (Å²) in [7, 11) is 0. The number of aryl methyl sites for hydroxylation is 1. The lowest BCUT2D eigenvalue weighted by atomic mass is 9.94. The summed E-state index contributed by atoms with van der Waals surface area (Å²) in [6.07, 6.45) is 4.99. The molecule has 0 radical (unpaired) electrons. The summed E-state index contributed by atoms with van der Waals surface area (Å²) in [4.78, 5) is 44.4. The maximum atomic E-state index is 13.3. The number of hydrogen-bond donors (Lipinski definition) is 0. The van der Waals surface area contributed by atoms with E-state index in [0.29, 0.717) is 54.4 Å². The highest BCUT2D eigenvalue weighted by atomic mass is 16.6. The third kappa shape index (κ3) is 4.18. The van der Waals surface area contributed by atoms with Gasteiger partial charge in [0.25, 0.3) is 11.8 Å². The number of amides is 3. The molecule has 1 atom stereocenters. The summed E-state index contributed by atoms with van der Waals surface area (Å²) in [5.41, 5.74) is 2.39. The van der Waals surface area contributed by atoms with E-state index in [-0.39, 0.29) is 30.2 Å². The summed E-state index contributed by atoms with van der Waals surface area (Å²) < 4.78 is 4.70. The van der Waals surface area contributed by atoms with Crippen LogP contribution in [0.25, 0.3) is 0 Å². The van der Waals surface area contributed by atoms with E-state index in [4.69, 9.17) is 4.63 Å². The van der Waals surface area contributed by atoms with Crippen LogP contribution in [0, 0.1) is 12.8 Å². The SMILES string of the molecule is C=CCN(CC=C)C(=O)[C@H]1CCCN(c2cccc3c2C(=O)N(Cc2nonc2C)C3=O)C1. The van der Waals surface area contributed by atoms with Gasteiger partial charge in [-0.25, -0.2) is 4.63 Å². The average molecular weight is 450 g/mol. The van der Waals surface area contributed by atoms with Gasteiger partial charge in [-0.3, -0.25) is 19.3 Å². The minimum absolute atomic E-state index is 0.000295. The number of anilines is 1. The van der Waals surface area contributed by atoms with Gasteiger partial charge in [-0.05, 0) is 31.9 Å². The fourth-order valence-electron chi connectivity index (χ4n) is 4.49. The van der Waals surface area contributed by atoms with Gasteiger partial charge in [0, 0.05) is 26.2 Å². The molecule has 2 aliphatic heterocycles. The highest BCUT2D eigenvalue weighted by molar-refractivity contribution is 6.23. The summed E-state index contributed by atoms with van der Waals surface area (Å²) in [5.74, 6) is -0.903. The Labute approximate surface area is 192 Å². The van der Waals surface area contributed by atoms with Gasteiger partial charge in [-0.2, -0.15) is 0 Å². The smallest absolute Gasteiger partial charge is 0.264 e. The van der Waals surface area contributed by atoms with Crippen molar-refractivity contribution in [1.29, 1.82) is 0 Å². The molecule has 33 heavy (non-hydrogen) atoms. The van der Waals surface area contributed by atoms with E-state index in [0.717, 1.165) is 12.8 Å². The number of imide groups is 1. The van der Waals surface area contributed by atoms with E-state index < -0.39 is 0 Å². The van der Waals surface area contributed by atoms with Crippen molar-refractivity contribution in [2.75, 3.05) is 31.1 Å². The summed E-state index contributed by atoms with van der Waals surface area (Å²) in [5, 5.41) is 7.52. The van der Waals surface area contributed by atoms with Crippen molar-refractivity contribution in [3.8, 4) is 0 Å². The summed E-state index contributed by atoms with van der Waals surface area (Å²) in [6.45, 7) is 11.3. The van der Waals surface area contributed by atoms with Crippen LogP contribution in [0.15, 0.2) is 48.1 Å². The van der Waals surface area contributed by atoms with Gasteiger partial charge in [0.05, 0.1) is 29.3 Å². The summed E-state index contributed by atoms with van der Waals surface area (Å²) >= 11 is 0. The van der Waals surface area contributed by atoms with Crippen LogP contribution in [-0.2, 0) is 11.3 Å². The maximum Gasteiger partial charge on any atom is 0.264 e. The lowest BCUT2D eigenvalue weighted by Gasteiger charge is -2.36. The molecule has 2 aliphatic rings. The largest absolute Gasteiger partial charge is 0.370 e. The van der Waals surface area contributed by atoms with Crippen molar-refractivity contribution >= 4 is 23.4 Å². The average Bonchev–Trinajstić information content (AvgIpc) is 3.34. The van der Waals surface area contributed by atoms with Crippen LogP contribution < -0.4 is 4.90 Å². The molecule has 4 rings (SSSR count). The maximum absolute atomic E-state index is 13.3. The van der Waals surface area contributed by atoms with Crippen LogP contribution in [0.1, 0.15) is 44.9 Å². The van der Waals surface area contributed by atoms with Crippen molar-refractivity contribution in [1.82, 2.24) is 20.1 Å². The minimum atomic E-state index is -0.374. The van der Waals surface area contributed by atoms with Crippen LogP contribution in [0.5, 0.6) is 0 Å². The van der Waals surface area contributed by atoms with E-state index in [1.165, 1.54) is 4.90 Å². The molecular weight excluding hydrogens is 422 g/mol. The predicted octanol–water partition coefficient (Wildman–Crippen LogP) is 2.59. The molecule has 0 N–H and O–H groups in total. The van der Waals surface area contributed by atoms with Crippen molar-refractivity contribution in [2.45, 2.75) is 26.3 Å². The standard InChI is InChI=1S/C24H27N5O4/c1-4-11-27(12-5-2)22(30)17-8-7-13-28(14-17)20-10-6-9-18-21(20)24(32)29(23(18)31)15-19-16(3)25-33-26-19/h4-6,9-10,17H,1-2,7-8,11-15H2,3H3/t17-/m0/s1. The zero-order valence-corrected chi connectivity index (χ0v) is 18.7. The number of nitrogens with zero attached hydrogens (tertiary/aromatic N) is 5. The molecule has 172 valence electrons. The first-order valence-electron chi connectivity index (χ1n) is 11.0. The van der Waals surface area contributed by atoms with Crippen molar-refractivity contribution in [3.05, 3.63) is 66.0 Å². The molecule has 2 aromatic rings.